The Morgan fingerprint density at radius 1 is 1.56 bits per heavy atom. The van der Waals surface area contributed by atoms with Gasteiger partial charge in [-0.15, -0.1) is 0 Å². The molecule has 1 aromatic carbocycles. The summed E-state index contributed by atoms with van der Waals surface area (Å²) in [6.07, 6.45) is 1.21. The summed E-state index contributed by atoms with van der Waals surface area (Å²) in [4.78, 5) is 10.4. The van der Waals surface area contributed by atoms with Gasteiger partial charge >= 0.3 is 5.97 Å². The maximum atomic E-state index is 10.4. The summed E-state index contributed by atoms with van der Waals surface area (Å²) < 4.78 is 1.07. The molecule has 0 atom stereocenters. The number of carboxylic acids is 1. The fourth-order valence-electron chi connectivity index (χ4n) is 1.26. The van der Waals surface area contributed by atoms with Gasteiger partial charge in [0.2, 0.25) is 0 Å². The second kappa shape index (κ2) is 5.70. The number of hydrogen-bond donors (Lipinski definition) is 2. The van der Waals surface area contributed by atoms with Crippen LogP contribution < -0.4 is 5.32 Å². The Morgan fingerprint density at radius 3 is 2.81 bits per heavy atom. The summed E-state index contributed by atoms with van der Waals surface area (Å²) in [5.74, 6) is -0.911. The van der Waals surface area contributed by atoms with Gasteiger partial charge in [-0.2, -0.15) is 0 Å². The molecule has 2 N–H and O–H groups in total. The number of hydrogen-bond acceptors (Lipinski definition) is 2. The van der Waals surface area contributed by atoms with Crippen molar-refractivity contribution in [3.05, 3.63) is 39.9 Å². The van der Waals surface area contributed by atoms with E-state index in [4.69, 9.17) is 5.11 Å². The highest BCUT2D eigenvalue weighted by Crippen LogP contribution is 2.20. The lowest BCUT2D eigenvalue weighted by Crippen LogP contribution is -2.04. The smallest absolute Gasteiger partial charge is 0.328 e. The first-order chi connectivity index (χ1) is 7.49. The van der Waals surface area contributed by atoms with Gasteiger partial charge in [0.25, 0.3) is 0 Å². The van der Waals surface area contributed by atoms with Crippen molar-refractivity contribution in [3.8, 4) is 0 Å². The van der Waals surface area contributed by atoms with Gasteiger partial charge < -0.3 is 10.4 Å². The monoisotopic (exact) mass is 283 g/mol. The molecule has 0 unspecified atom stereocenters. The zero-order valence-corrected chi connectivity index (χ0v) is 10.8. The van der Waals surface area contributed by atoms with Gasteiger partial charge in [-0.1, -0.05) is 15.9 Å². The zero-order valence-electron chi connectivity index (χ0n) is 9.25. The van der Waals surface area contributed by atoms with Crippen LogP contribution in [0, 0.1) is 6.92 Å². The summed E-state index contributed by atoms with van der Waals surface area (Å²) in [5.41, 5.74) is 2.91. The molecule has 0 saturated carbocycles. The van der Waals surface area contributed by atoms with E-state index in [2.05, 4.69) is 21.2 Å². The fourth-order valence-corrected chi connectivity index (χ4v) is 1.50. The van der Waals surface area contributed by atoms with Crippen LogP contribution in [0.4, 0.5) is 5.69 Å². The second-order valence-corrected chi connectivity index (χ2v) is 4.50. The molecule has 86 valence electrons. The third-order valence-electron chi connectivity index (χ3n) is 2.10. The van der Waals surface area contributed by atoms with Crippen LogP contribution in [0.3, 0.4) is 0 Å². The summed E-state index contributed by atoms with van der Waals surface area (Å²) >= 11 is 3.43. The van der Waals surface area contributed by atoms with Gasteiger partial charge in [0.1, 0.15) is 0 Å². The van der Waals surface area contributed by atoms with Crippen LogP contribution in [0.15, 0.2) is 34.3 Å². The third kappa shape index (κ3) is 4.06. The van der Waals surface area contributed by atoms with Crippen LogP contribution in [-0.4, -0.2) is 17.6 Å². The van der Waals surface area contributed by atoms with Gasteiger partial charge in [0.15, 0.2) is 0 Å². The Bertz CT molecular complexity index is 427. The summed E-state index contributed by atoms with van der Waals surface area (Å²) in [7, 11) is 0. The molecule has 4 heteroatoms. The van der Waals surface area contributed by atoms with Gasteiger partial charge in [0.05, 0.1) is 0 Å². The molecule has 0 aliphatic carbocycles. The topological polar surface area (TPSA) is 49.3 Å². The van der Waals surface area contributed by atoms with Crippen molar-refractivity contribution in [1.29, 1.82) is 0 Å². The van der Waals surface area contributed by atoms with E-state index in [1.54, 1.807) is 6.92 Å². The van der Waals surface area contributed by atoms with Crippen molar-refractivity contribution in [2.75, 3.05) is 11.9 Å². The van der Waals surface area contributed by atoms with Crippen LogP contribution in [0.5, 0.6) is 0 Å². The van der Waals surface area contributed by atoms with Crippen molar-refractivity contribution >= 4 is 27.6 Å². The van der Waals surface area contributed by atoms with Crippen LogP contribution in [-0.2, 0) is 4.79 Å². The number of rotatable bonds is 4. The molecule has 16 heavy (non-hydrogen) atoms. The average molecular weight is 284 g/mol. The molecule has 1 aromatic rings. The van der Waals surface area contributed by atoms with E-state index in [1.807, 2.05) is 25.1 Å². The predicted octanol–water partition coefficient (Wildman–Crippen LogP) is 3.20. The lowest BCUT2D eigenvalue weighted by atomic mass is 10.2. The van der Waals surface area contributed by atoms with Crippen LogP contribution in [0.1, 0.15) is 12.5 Å². The first-order valence-corrected chi connectivity index (χ1v) is 5.68. The molecular formula is C12H14BrNO2. The van der Waals surface area contributed by atoms with E-state index < -0.39 is 5.97 Å². The Hall–Kier alpha value is -1.29. The maximum Gasteiger partial charge on any atom is 0.328 e. The van der Waals surface area contributed by atoms with Crippen molar-refractivity contribution in [3.63, 3.8) is 0 Å². The van der Waals surface area contributed by atoms with E-state index in [0.29, 0.717) is 6.54 Å². The van der Waals surface area contributed by atoms with Crippen LogP contribution in [0.2, 0.25) is 0 Å². The predicted molar refractivity (Wildman–Crippen MR) is 68.8 cm³/mol. The summed E-state index contributed by atoms with van der Waals surface area (Å²) in [6, 6.07) is 5.93. The molecule has 0 spiro atoms. The minimum Gasteiger partial charge on any atom is -0.478 e. The van der Waals surface area contributed by atoms with Crippen LogP contribution >= 0.6 is 15.9 Å². The van der Waals surface area contributed by atoms with Gasteiger partial charge in [0, 0.05) is 22.8 Å². The number of halogens is 1. The molecule has 3 nitrogen and oxygen atoms in total. The molecule has 0 aromatic heterocycles. The normalized spacial score (nSPS) is 11.3. The Kier molecular flexibility index (Phi) is 4.55. The number of aliphatic carboxylic acids is 1. The molecular weight excluding hydrogens is 270 g/mol. The number of nitrogens with one attached hydrogen (secondary N) is 1. The second-order valence-electron chi connectivity index (χ2n) is 3.65. The highest BCUT2D eigenvalue weighted by molar-refractivity contribution is 9.10. The van der Waals surface area contributed by atoms with E-state index in [0.717, 1.165) is 21.3 Å². The summed E-state index contributed by atoms with van der Waals surface area (Å²) in [6.45, 7) is 4.33. The number of carboxylic acid groups (broad SMARTS) is 1. The first kappa shape index (κ1) is 12.8. The lowest BCUT2D eigenvalue weighted by molar-refractivity contribution is -0.131. The van der Waals surface area contributed by atoms with Gasteiger partial charge in [-0.25, -0.2) is 4.79 Å². The quantitative estimate of drug-likeness (QED) is 0.835. The van der Waals surface area contributed by atoms with Crippen molar-refractivity contribution < 1.29 is 9.90 Å². The van der Waals surface area contributed by atoms with Crippen molar-refractivity contribution in [2.45, 2.75) is 13.8 Å². The molecule has 0 heterocycles. The number of aryl methyl sites for hydroxylation is 1. The molecule has 0 saturated heterocycles. The van der Waals surface area contributed by atoms with E-state index in [-0.39, 0.29) is 0 Å². The highest BCUT2D eigenvalue weighted by atomic mass is 79.9. The maximum absolute atomic E-state index is 10.4. The van der Waals surface area contributed by atoms with E-state index >= 15 is 0 Å². The SMILES string of the molecule is C/C(=C/C(=O)O)CNc1ccc(Br)c(C)c1. The first-order valence-electron chi connectivity index (χ1n) is 4.89. The molecule has 0 aliphatic heterocycles. The van der Waals surface area contributed by atoms with E-state index in [1.165, 1.54) is 6.08 Å². The zero-order chi connectivity index (χ0) is 12.1. The number of benzene rings is 1. The van der Waals surface area contributed by atoms with Crippen LogP contribution in [0.25, 0.3) is 0 Å². The largest absolute Gasteiger partial charge is 0.478 e. The lowest BCUT2D eigenvalue weighted by Gasteiger charge is -2.08. The minimum absolute atomic E-state index is 0.535. The standard InChI is InChI=1S/C12H14BrNO2/c1-8(5-12(15)16)7-14-10-3-4-11(13)9(2)6-10/h3-6,14H,7H2,1-2H3,(H,15,16)/b8-5-. The van der Waals surface area contributed by atoms with Gasteiger partial charge in [-0.3, -0.25) is 0 Å². The number of anilines is 1. The van der Waals surface area contributed by atoms with E-state index in [9.17, 15) is 4.79 Å². The third-order valence-corrected chi connectivity index (χ3v) is 2.99. The molecule has 0 radical (unpaired) electrons. The molecule has 0 bridgehead atoms. The number of carbonyl (C=O) groups is 1. The fraction of sp³-hybridized carbons (Fsp3) is 0.250. The Balaban J connectivity index is 2.61. The molecule has 1 rings (SSSR count). The van der Waals surface area contributed by atoms with Crippen molar-refractivity contribution in [2.24, 2.45) is 0 Å². The molecule has 0 amide bonds. The minimum atomic E-state index is -0.911. The highest BCUT2D eigenvalue weighted by Gasteiger charge is 1.98. The van der Waals surface area contributed by atoms with Gasteiger partial charge in [-0.05, 0) is 43.2 Å². The average Bonchev–Trinajstić information content (AvgIpc) is 2.19. The Labute approximate surface area is 103 Å². The molecule has 0 aliphatic rings. The van der Waals surface area contributed by atoms with Crippen molar-refractivity contribution in [1.82, 2.24) is 0 Å². The molecule has 0 fully saturated rings. The summed E-state index contributed by atoms with van der Waals surface area (Å²) in [5, 5.41) is 11.7. The Morgan fingerprint density at radius 2 is 2.25 bits per heavy atom.